The number of aromatic amines is 1. The van der Waals surface area contributed by atoms with Gasteiger partial charge in [-0.25, -0.2) is 0 Å². The van der Waals surface area contributed by atoms with Crippen molar-refractivity contribution in [2.75, 3.05) is 6.54 Å². The fraction of sp³-hybridized carbons (Fsp3) is 0.474. The Hall–Kier alpha value is -2.02. The molecule has 2 unspecified atom stereocenters. The van der Waals surface area contributed by atoms with Crippen molar-refractivity contribution in [2.24, 2.45) is 11.1 Å². The number of amides is 2. The van der Waals surface area contributed by atoms with Gasteiger partial charge in [-0.3, -0.25) is 4.79 Å². The molecule has 2 aromatic rings. The van der Waals surface area contributed by atoms with Crippen molar-refractivity contribution in [3.05, 3.63) is 33.9 Å². The quantitative estimate of drug-likeness (QED) is 0.779. The third-order valence-electron chi connectivity index (χ3n) is 5.33. The van der Waals surface area contributed by atoms with E-state index < -0.39 is 12.0 Å². The van der Waals surface area contributed by atoms with E-state index in [0.29, 0.717) is 24.9 Å². The van der Waals surface area contributed by atoms with Gasteiger partial charge in [-0.05, 0) is 41.9 Å². The summed E-state index contributed by atoms with van der Waals surface area (Å²) in [5.74, 6) is -0.289. The number of piperidine rings is 1. The Bertz CT molecular complexity index is 869. The van der Waals surface area contributed by atoms with Gasteiger partial charge >= 0.3 is 0 Å². The zero-order valence-corrected chi connectivity index (χ0v) is 16.7. The molecule has 1 saturated heterocycles. The molecule has 1 aliphatic rings. The maximum Gasteiger partial charge on any atom is 0.250 e. The predicted molar refractivity (Wildman–Crippen MR) is 102 cm³/mol. The van der Waals surface area contributed by atoms with Crippen LogP contribution in [0.2, 0.25) is 0 Å². The topological polar surface area (TPSA) is 102 Å². The Morgan fingerprint density at radius 3 is 2.62 bits per heavy atom. The van der Waals surface area contributed by atoms with E-state index in [2.05, 4.69) is 20.9 Å². The molecule has 1 fully saturated rings. The summed E-state index contributed by atoms with van der Waals surface area (Å²) in [6, 6.07) is 3.56. The smallest absolute Gasteiger partial charge is 0.250 e. The molecule has 1 aliphatic heterocycles. The van der Waals surface area contributed by atoms with E-state index in [0.717, 1.165) is 20.9 Å². The van der Waals surface area contributed by atoms with E-state index in [4.69, 9.17) is 5.73 Å². The summed E-state index contributed by atoms with van der Waals surface area (Å²) in [6.07, 6.45) is 2.23. The summed E-state index contributed by atoms with van der Waals surface area (Å²) >= 11 is 3.45. The number of hydrogen-bond acceptors (Lipinski definition) is 3. The third-order valence-corrected chi connectivity index (χ3v) is 5.79. The van der Waals surface area contributed by atoms with Crippen molar-refractivity contribution in [3.8, 4) is 0 Å². The minimum atomic E-state index is -1.11. The second kappa shape index (κ2) is 6.61. The standard InChI is InChI=1S/C19H24BrN3O3/c1-19(2,3)15-6-10(4-5-23(15)18(25)26)14-9-22-16-12(14)7-11(20)8-13(16)17(21)24/h7-10,15,22H,4-6H2,1-3H3,(H2,21,24)(H,25,26)/p-1. The maximum absolute atomic E-state index is 11.8. The predicted octanol–water partition coefficient (Wildman–Crippen LogP) is 2.97. The molecular formula is C19H23BrN3O3-. The Morgan fingerprint density at radius 1 is 1.35 bits per heavy atom. The Morgan fingerprint density at radius 2 is 2.04 bits per heavy atom. The number of nitrogens with two attached hydrogens (primary N) is 1. The molecule has 2 amide bonds. The fourth-order valence-electron chi connectivity index (χ4n) is 4.04. The molecule has 3 rings (SSSR count). The average molecular weight is 421 g/mol. The van der Waals surface area contributed by atoms with Crippen LogP contribution in [0.15, 0.2) is 22.8 Å². The highest BCUT2D eigenvalue weighted by Gasteiger charge is 2.37. The molecule has 6 nitrogen and oxygen atoms in total. The normalized spacial score (nSPS) is 21.2. The first kappa shape index (κ1) is 18.8. The van der Waals surface area contributed by atoms with E-state index in [1.807, 2.05) is 33.0 Å². The van der Waals surface area contributed by atoms with Crippen molar-refractivity contribution >= 4 is 38.8 Å². The van der Waals surface area contributed by atoms with Crippen molar-refractivity contribution in [1.82, 2.24) is 9.88 Å². The Kier molecular flexibility index (Phi) is 4.77. The number of nitrogens with one attached hydrogen (secondary N) is 1. The number of carbonyl (C=O) groups is 2. The van der Waals surface area contributed by atoms with Crippen molar-refractivity contribution < 1.29 is 14.7 Å². The summed E-state index contributed by atoms with van der Waals surface area (Å²) < 4.78 is 0.791. The van der Waals surface area contributed by atoms with Crippen LogP contribution in [-0.2, 0) is 0 Å². The summed E-state index contributed by atoms with van der Waals surface area (Å²) in [5.41, 5.74) is 7.58. The van der Waals surface area contributed by atoms with E-state index in [9.17, 15) is 14.7 Å². The number of aromatic nitrogens is 1. The van der Waals surface area contributed by atoms with Gasteiger partial charge in [0.05, 0.1) is 11.1 Å². The van der Waals surface area contributed by atoms with Crippen molar-refractivity contribution in [2.45, 2.75) is 45.6 Å². The van der Waals surface area contributed by atoms with Crippen LogP contribution in [0.5, 0.6) is 0 Å². The minimum absolute atomic E-state index is 0.126. The lowest BCUT2D eigenvalue weighted by Gasteiger charge is -2.47. The molecule has 0 spiro atoms. The van der Waals surface area contributed by atoms with Gasteiger partial charge in [0.15, 0.2) is 0 Å². The van der Waals surface area contributed by atoms with Gasteiger partial charge in [-0.2, -0.15) is 0 Å². The molecule has 0 bridgehead atoms. The van der Waals surface area contributed by atoms with Gasteiger partial charge < -0.3 is 25.5 Å². The monoisotopic (exact) mass is 420 g/mol. The zero-order valence-electron chi connectivity index (χ0n) is 15.1. The number of primary amides is 1. The second-order valence-corrected chi connectivity index (χ2v) is 8.96. The van der Waals surface area contributed by atoms with Crippen LogP contribution in [0.25, 0.3) is 10.9 Å². The summed E-state index contributed by atoms with van der Waals surface area (Å²) in [4.78, 5) is 27.9. The molecular weight excluding hydrogens is 398 g/mol. The Balaban J connectivity index is 2.02. The molecule has 1 aromatic carbocycles. The van der Waals surface area contributed by atoms with Crippen molar-refractivity contribution in [3.63, 3.8) is 0 Å². The van der Waals surface area contributed by atoms with E-state index >= 15 is 0 Å². The van der Waals surface area contributed by atoms with Crippen LogP contribution in [0.4, 0.5) is 4.79 Å². The number of benzene rings is 1. The molecule has 0 aliphatic carbocycles. The molecule has 3 N–H and O–H groups in total. The van der Waals surface area contributed by atoms with Crippen LogP contribution in [0.1, 0.15) is 55.5 Å². The molecule has 26 heavy (non-hydrogen) atoms. The first-order valence-corrected chi connectivity index (χ1v) is 9.47. The highest BCUT2D eigenvalue weighted by Crippen LogP contribution is 2.41. The molecule has 0 radical (unpaired) electrons. The van der Waals surface area contributed by atoms with Crippen LogP contribution in [-0.4, -0.2) is 34.5 Å². The van der Waals surface area contributed by atoms with Crippen molar-refractivity contribution in [1.29, 1.82) is 0 Å². The molecule has 0 saturated carbocycles. The summed E-state index contributed by atoms with van der Waals surface area (Å²) in [5, 5.41) is 12.5. The second-order valence-electron chi connectivity index (χ2n) is 8.05. The Labute approximate surface area is 160 Å². The SMILES string of the molecule is CC(C)(C)C1CC(c2c[nH]c3c(C(N)=O)cc(Br)cc23)CCN1C(=O)[O-]. The number of carboxylic acid groups (broad SMARTS) is 1. The molecule has 2 atom stereocenters. The maximum atomic E-state index is 11.8. The van der Waals surface area contributed by atoms with Gasteiger partial charge in [-0.15, -0.1) is 0 Å². The fourth-order valence-corrected chi connectivity index (χ4v) is 4.50. The van der Waals surface area contributed by atoms with Crippen LogP contribution in [0, 0.1) is 5.41 Å². The van der Waals surface area contributed by atoms with Gasteiger partial charge in [0.2, 0.25) is 0 Å². The molecule has 140 valence electrons. The van der Waals surface area contributed by atoms with Crippen LogP contribution >= 0.6 is 15.9 Å². The highest BCUT2D eigenvalue weighted by molar-refractivity contribution is 9.10. The van der Waals surface area contributed by atoms with E-state index in [1.165, 1.54) is 4.90 Å². The lowest BCUT2D eigenvalue weighted by Crippen LogP contribution is -2.55. The summed E-state index contributed by atoms with van der Waals surface area (Å²) in [6.45, 7) is 6.59. The lowest BCUT2D eigenvalue weighted by molar-refractivity contribution is -0.271. The van der Waals surface area contributed by atoms with E-state index in [-0.39, 0.29) is 17.4 Å². The number of H-pyrrole nitrogens is 1. The van der Waals surface area contributed by atoms with Crippen LogP contribution < -0.4 is 10.8 Å². The first-order chi connectivity index (χ1) is 12.1. The van der Waals surface area contributed by atoms with E-state index in [1.54, 1.807) is 6.07 Å². The number of halogens is 1. The lowest BCUT2D eigenvalue weighted by atomic mass is 9.75. The zero-order chi connectivity index (χ0) is 19.2. The number of fused-ring (bicyclic) bond motifs is 1. The average Bonchev–Trinajstić information content (AvgIpc) is 2.96. The largest absolute Gasteiger partial charge is 0.530 e. The first-order valence-electron chi connectivity index (χ1n) is 8.67. The molecule has 2 heterocycles. The number of hydrogen-bond donors (Lipinski definition) is 2. The third kappa shape index (κ3) is 3.32. The number of rotatable bonds is 2. The molecule has 1 aromatic heterocycles. The van der Waals surface area contributed by atoms with Gasteiger partial charge in [0.1, 0.15) is 6.09 Å². The van der Waals surface area contributed by atoms with Gasteiger partial charge in [0, 0.05) is 28.6 Å². The van der Waals surface area contributed by atoms with Gasteiger partial charge in [0.25, 0.3) is 5.91 Å². The van der Waals surface area contributed by atoms with Crippen LogP contribution in [0.3, 0.4) is 0 Å². The number of carbonyl (C=O) groups excluding carboxylic acids is 2. The van der Waals surface area contributed by atoms with Gasteiger partial charge in [-0.1, -0.05) is 36.7 Å². The number of likely N-dealkylation sites (tertiary alicyclic amines) is 1. The minimum Gasteiger partial charge on any atom is -0.530 e. The molecule has 7 heteroatoms. The highest BCUT2D eigenvalue weighted by atomic mass is 79.9. The summed E-state index contributed by atoms with van der Waals surface area (Å²) in [7, 11) is 0. The number of nitrogens with zero attached hydrogens (tertiary/aromatic N) is 1.